The van der Waals surface area contributed by atoms with Gasteiger partial charge < -0.3 is 5.11 Å². The molecule has 0 fully saturated rings. The molecule has 0 bridgehead atoms. The third kappa shape index (κ3) is 6.43. The third-order valence-electron chi connectivity index (χ3n) is 1.46. The first kappa shape index (κ1) is 10.3. The Labute approximate surface area is 68.2 Å². The molecule has 0 saturated heterocycles. The van der Waals surface area contributed by atoms with Crippen LogP contribution in [0.2, 0.25) is 0 Å². The zero-order valence-corrected chi connectivity index (χ0v) is 7.95. The van der Waals surface area contributed by atoms with E-state index in [-0.39, 0.29) is 6.10 Å². The summed E-state index contributed by atoms with van der Waals surface area (Å²) in [6.07, 6.45) is 1.10. The summed E-state index contributed by atoms with van der Waals surface area (Å²) in [6.45, 7) is 6.28. The number of hydrogen-bond acceptors (Lipinski definition) is 2. The fourth-order valence-corrected chi connectivity index (χ4v) is 1.67. The fraction of sp³-hybridized carbons (Fsp3) is 1.00. The van der Waals surface area contributed by atoms with E-state index in [9.17, 15) is 0 Å². The van der Waals surface area contributed by atoms with Crippen LogP contribution < -0.4 is 0 Å². The molecule has 0 saturated carbocycles. The van der Waals surface area contributed by atoms with Crippen LogP contribution in [0.25, 0.3) is 0 Å². The molecule has 0 aliphatic rings. The van der Waals surface area contributed by atoms with Gasteiger partial charge in [0.15, 0.2) is 0 Å². The highest BCUT2D eigenvalue weighted by atomic mass is 32.2. The van der Waals surface area contributed by atoms with Crippen molar-refractivity contribution in [1.29, 1.82) is 0 Å². The van der Waals surface area contributed by atoms with Gasteiger partial charge >= 0.3 is 0 Å². The summed E-state index contributed by atoms with van der Waals surface area (Å²) in [5.74, 6) is 2.86. The maximum Gasteiger partial charge on any atom is 0.0602 e. The molecule has 0 spiro atoms. The Morgan fingerprint density at radius 3 is 2.30 bits per heavy atom. The summed E-state index contributed by atoms with van der Waals surface area (Å²) < 4.78 is 0. The maximum atomic E-state index is 8.92. The lowest BCUT2D eigenvalue weighted by atomic mass is 10.2. The minimum Gasteiger partial charge on any atom is -0.393 e. The number of aliphatic hydroxyl groups is 1. The summed E-state index contributed by atoms with van der Waals surface area (Å²) >= 11 is 1.84. The summed E-state index contributed by atoms with van der Waals surface area (Å²) in [7, 11) is 0. The highest BCUT2D eigenvalue weighted by Gasteiger charge is 2.00. The monoisotopic (exact) mass is 162 g/mol. The van der Waals surface area contributed by atoms with Crippen LogP contribution in [0, 0.1) is 5.92 Å². The van der Waals surface area contributed by atoms with Gasteiger partial charge in [0.2, 0.25) is 0 Å². The molecule has 10 heavy (non-hydrogen) atoms. The van der Waals surface area contributed by atoms with Crippen LogP contribution in [0.3, 0.4) is 0 Å². The van der Waals surface area contributed by atoms with Crippen LogP contribution >= 0.6 is 11.8 Å². The smallest absolute Gasteiger partial charge is 0.0602 e. The Kier molecular flexibility index (Phi) is 6.24. The average Bonchev–Trinajstić information content (AvgIpc) is 1.87. The lowest BCUT2D eigenvalue weighted by Crippen LogP contribution is -2.05. The van der Waals surface area contributed by atoms with E-state index in [1.165, 1.54) is 12.2 Å². The molecule has 62 valence electrons. The molecule has 2 heteroatoms. The van der Waals surface area contributed by atoms with Gasteiger partial charge in [0, 0.05) is 5.75 Å². The molecule has 2 atom stereocenters. The van der Waals surface area contributed by atoms with Crippen molar-refractivity contribution in [2.24, 2.45) is 5.92 Å². The van der Waals surface area contributed by atoms with Crippen LogP contribution in [0.1, 0.15) is 27.2 Å². The predicted molar refractivity (Wildman–Crippen MR) is 48.5 cm³/mol. The van der Waals surface area contributed by atoms with E-state index in [1.54, 1.807) is 0 Å². The summed E-state index contributed by atoms with van der Waals surface area (Å²) in [6, 6.07) is 0. The zero-order chi connectivity index (χ0) is 7.98. The van der Waals surface area contributed by atoms with E-state index in [2.05, 4.69) is 13.8 Å². The van der Waals surface area contributed by atoms with Crippen molar-refractivity contribution in [2.75, 3.05) is 11.5 Å². The lowest BCUT2D eigenvalue weighted by molar-refractivity contribution is 0.220. The van der Waals surface area contributed by atoms with Crippen LogP contribution in [0.4, 0.5) is 0 Å². The maximum absolute atomic E-state index is 8.92. The van der Waals surface area contributed by atoms with Gasteiger partial charge in [0.05, 0.1) is 6.10 Å². The highest BCUT2D eigenvalue weighted by molar-refractivity contribution is 7.99. The molecule has 0 aromatic rings. The third-order valence-corrected chi connectivity index (χ3v) is 2.98. The SMILES string of the molecule is CCC(C)CSC[C@H](C)O. The van der Waals surface area contributed by atoms with Crippen LogP contribution in [0.15, 0.2) is 0 Å². The lowest BCUT2D eigenvalue weighted by Gasteiger charge is -2.08. The van der Waals surface area contributed by atoms with Gasteiger partial charge in [-0.2, -0.15) is 11.8 Å². The number of thioether (sulfide) groups is 1. The molecular formula is C8H18OS. The van der Waals surface area contributed by atoms with E-state index in [0.717, 1.165) is 11.7 Å². The van der Waals surface area contributed by atoms with Gasteiger partial charge in [-0.1, -0.05) is 20.3 Å². The molecule has 0 amide bonds. The van der Waals surface area contributed by atoms with E-state index in [1.807, 2.05) is 18.7 Å². The molecule has 0 aliphatic carbocycles. The molecule has 0 radical (unpaired) electrons. The summed E-state index contributed by atoms with van der Waals surface area (Å²) in [5.41, 5.74) is 0. The van der Waals surface area contributed by atoms with Gasteiger partial charge in [-0.05, 0) is 18.6 Å². The zero-order valence-electron chi connectivity index (χ0n) is 7.13. The van der Waals surface area contributed by atoms with Crippen LogP contribution in [-0.4, -0.2) is 22.7 Å². The van der Waals surface area contributed by atoms with Crippen molar-refractivity contribution in [3.05, 3.63) is 0 Å². The Bertz CT molecular complexity index is 73.7. The molecule has 0 heterocycles. The molecule has 0 aromatic carbocycles. The van der Waals surface area contributed by atoms with Gasteiger partial charge in [-0.25, -0.2) is 0 Å². The first-order valence-electron chi connectivity index (χ1n) is 3.92. The standard InChI is InChI=1S/C8H18OS/c1-4-7(2)5-10-6-8(3)9/h7-9H,4-6H2,1-3H3/t7?,8-/m0/s1. The normalized spacial score (nSPS) is 16.8. The van der Waals surface area contributed by atoms with E-state index in [4.69, 9.17) is 5.11 Å². The van der Waals surface area contributed by atoms with E-state index in [0.29, 0.717) is 0 Å². The van der Waals surface area contributed by atoms with Gasteiger partial charge in [-0.15, -0.1) is 0 Å². The van der Waals surface area contributed by atoms with Crippen molar-refractivity contribution in [1.82, 2.24) is 0 Å². The highest BCUT2D eigenvalue weighted by Crippen LogP contribution is 2.11. The predicted octanol–water partition coefficient (Wildman–Crippen LogP) is 2.15. The fourth-order valence-electron chi connectivity index (χ4n) is 0.558. The minimum absolute atomic E-state index is 0.144. The molecule has 1 N–H and O–H groups in total. The molecule has 0 rings (SSSR count). The van der Waals surface area contributed by atoms with Crippen molar-refractivity contribution >= 4 is 11.8 Å². The first-order valence-corrected chi connectivity index (χ1v) is 5.08. The first-order chi connectivity index (χ1) is 4.66. The number of rotatable bonds is 5. The van der Waals surface area contributed by atoms with E-state index < -0.39 is 0 Å². The Morgan fingerprint density at radius 1 is 1.30 bits per heavy atom. The largest absolute Gasteiger partial charge is 0.393 e. The second-order valence-corrected chi connectivity index (χ2v) is 3.97. The van der Waals surface area contributed by atoms with Crippen LogP contribution in [-0.2, 0) is 0 Å². The number of hydrogen-bond donors (Lipinski definition) is 1. The van der Waals surface area contributed by atoms with Gasteiger partial charge in [-0.3, -0.25) is 0 Å². The number of aliphatic hydroxyl groups excluding tert-OH is 1. The Balaban J connectivity index is 3.03. The van der Waals surface area contributed by atoms with Crippen LogP contribution in [0.5, 0.6) is 0 Å². The van der Waals surface area contributed by atoms with Gasteiger partial charge in [0.1, 0.15) is 0 Å². The van der Waals surface area contributed by atoms with Crippen molar-refractivity contribution in [2.45, 2.75) is 33.3 Å². The second-order valence-electron chi connectivity index (χ2n) is 2.90. The topological polar surface area (TPSA) is 20.2 Å². The summed E-state index contributed by atoms with van der Waals surface area (Å²) in [4.78, 5) is 0. The van der Waals surface area contributed by atoms with Crippen molar-refractivity contribution < 1.29 is 5.11 Å². The Hall–Kier alpha value is 0.310. The molecule has 1 nitrogen and oxygen atoms in total. The Morgan fingerprint density at radius 2 is 1.90 bits per heavy atom. The molecular weight excluding hydrogens is 144 g/mol. The minimum atomic E-state index is -0.144. The summed E-state index contributed by atoms with van der Waals surface area (Å²) in [5, 5.41) is 8.92. The second kappa shape index (κ2) is 6.05. The molecule has 1 unspecified atom stereocenters. The van der Waals surface area contributed by atoms with Crippen molar-refractivity contribution in [3.8, 4) is 0 Å². The quantitative estimate of drug-likeness (QED) is 0.668. The molecule has 0 aliphatic heterocycles. The van der Waals surface area contributed by atoms with E-state index >= 15 is 0 Å². The van der Waals surface area contributed by atoms with Crippen molar-refractivity contribution in [3.63, 3.8) is 0 Å². The molecule has 0 aromatic heterocycles. The van der Waals surface area contributed by atoms with Gasteiger partial charge in [0.25, 0.3) is 0 Å². The average molecular weight is 162 g/mol.